The van der Waals surface area contributed by atoms with E-state index in [9.17, 15) is 9.59 Å². The molecule has 2 N–H and O–H groups in total. The fourth-order valence-corrected chi connectivity index (χ4v) is 2.48. The Balaban J connectivity index is 2.37. The number of aromatic nitrogens is 1. The number of carboxylic acids is 1. The van der Waals surface area contributed by atoms with E-state index in [0.717, 1.165) is 11.3 Å². The molecular weight excluding hydrogens is 280 g/mol. The molecule has 1 aromatic carbocycles. The number of carbonyl (C=O) groups is 2. The Morgan fingerprint density at radius 3 is 2.60 bits per heavy atom. The van der Waals surface area contributed by atoms with Gasteiger partial charge in [0.25, 0.3) is 0 Å². The molecule has 0 radical (unpaired) electrons. The lowest BCUT2D eigenvalue weighted by molar-refractivity contribution is 0.0687. The number of thiazole rings is 1. The van der Waals surface area contributed by atoms with Crippen LogP contribution >= 0.6 is 11.3 Å². The summed E-state index contributed by atoms with van der Waals surface area (Å²) in [5, 5.41) is 12.3. The van der Waals surface area contributed by atoms with Gasteiger partial charge in [-0.15, -0.1) is 0 Å². The summed E-state index contributed by atoms with van der Waals surface area (Å²) < 4.78 is 5.18. The lowest BCUT2D eigenvalue weighted by atomic mass is 10.3. The maximum Gasteiger partial charge on any atom is 0.356 e. The van der Waals surface area contributed by atoms with Gasteiger partial charge in [0.2, 0.25) is 0 Å². The third-order valence-corrected chi connectivity index (χ3v) is 3.57. The predicted molar refractivity (Wildman–Crippen MR) is 75.4 cm³/mol. The number of ether oxygens (including phenoxy) is 1. The monoisotopic (exact) mass is 292 g/mol. The average Bonchev–Trinajstić information content (AvgIpc) is 2.84. The first kappa shape index (κ1) is 14.0. The van der Waals surface area contributed by atoms with E-state index in [1.54, 1.807) is 12.1 Å². The summed E-state index contributed by atoms with van der Waals surface area (Å²) in [5.74, 6) is -0.948. The lowest BCUT2D eigenvalue weighted by Gasteiger charge is -2.07. The van der Waals surface area contributed by atoms with E-state index in [0.29, 0.717) is 16.6 Å². The molecule has 0 aliphatic rings. The highest BCUT2D eigenvalue weighted by Gasteiger charge is 2.20. The molecule has 2 aromatic rings. The summed E-state index contributed by atoms with van der Waals surface area (Å²) in [5.41, 5.74) is 0.413. The summed E-state index contributed by atoms with van der Waals surface area (Å²) in [6.45, 7) is 1.31. The molecule has 0 bridgehead atoms. The van der Waals surface area contributed by atoms with Gasteiger partial charge in [-0.2, -0.15) is 0 Å². The molecule has 0 saturated heterocycles. The van der Waals surface area contributed by atoms with Crippen molar-refractivity contribution in [2.45, 2.75) is 6.92 Å². The van der Waals surface area contributed by atoms with Crippen LogP contribution in [0.25, 0.3) is 0 Å². The number of anilines is 2. The van der Waals surface area contributed by atoms with Gasteiger partial charge >= 0.3 is 5.97 Å². The fourth-order valence-electron chi connectivity index (χ4n) is 1.62. The van der Waals surface area contributed by atoms with Crippen molar-refractivity contribution >= 4 is 33.9 Å². The Kier molecular flexibility index (Phi) is 3.99. The molecular formula is C13H12N2O4S. The summed E-state index contributed by atoms with van der Waals surface area (Å²) >= 11 is 1.00. The summed E-state index contributed by atoms with van der Waals surface area (Å²) in [6.07, 6.45) is 0. The second-order valence-corrected chi connectivity index (χ2v) is 4.88. The third-order valence-electron chi connectivity index (χ3n) is 2.50. The fraction of sp³-hybridized carbons (Fsp3) is 0.154. The van der Waals surface area contributed by atoms with Gasteiger partial charge in [0.15, 0.2) is 16.6 Å². The first-order chi connectivity index (χ1) is 9.52. The molecule has 2 rings (SSSR count). The number of carbonyl (C=O) groups excluding carboxylic acids is 1. The Morgan fingerprint density at radius 1 is 1.35 bits per heavy atom. The van der Waals surface area contributed by atoms with Crippen LogP contribution in [0.1, 0.15) is 27.1 Å². The van der Waals surface area contributed by atoms with Crippen LogP contribution in [-0.2, 0) is 0 Å². The van der Waals surface area contributed by atoms with Crippen molar-refractivity contribution in [2.75, 3.05) is 12.4 Å². The van der Waals surface area contributed by atoms with Crippen molar-refractivity contribution < 1.29 is 19.4 Å². The second-order valence-electron chi connectivity index (χ2n) is 3.88. The molecule has 7 heteroatoms. The Hall–Kier alpha value is -2.41. The number of hydrogen-bond acceptors (Lipinski definition) is 6. The van der Waals surface area contributed by atoms with Crippen LogP contribution in [0, 0.1) is 0 Å². The van der Waals surface area contributed by atoms with Crippen molar-refractivity contribution in [3.63, 3.8) is 0 Å². The van der Waals surface area contributed by atoms with Crippen LogP contribution in [0.4, 0.5) is 10.8 Å². The highest BCUT2D eigenvalue weighted by Crippen LogP contribution is 2.31. The zero-order valence-electron chi connectivity index (χ0n) is 10.8. The topological polar surface area (TPSA) is 88.5 Å². The smallest absolute Gasteiger partial charge is 0.356 e. The zero-order valence-corrected chi connectivity index (χ0v) is 11.7. The number of hydrogen-bond donors (Lipinski definition) is 2. The van der Waals surface area contributed by atoms with Crippen molar-refractivity contribution in [1.82, 2.24) is 4.98 Å². The minimum absolute atomic E-state index is 0.120. The quantitative estimate of drug-likeness (QED) is 0.824. The molecule has 0 amide bonds. The van der Waals surface area contributed by atoms with Gasteiger partial charge in [-0.3, -0.25) is 4.79 Å². The molecule has 1 aromatic heterocycles. The first-order valence-corrected chi connectivity index (χ1v) is 6.49. The minimum atomic E-state index is -1.22. The number of aromatic carboxylic acids is 1. The number of nitrogens with one attached hydrogen (secondary N) is 1. The normalized spacial score (nSPS) is 10.1. The summed E-state index contributed by atoms with van der Waals surface area (Å²) in [7, 11) is 1.53. The number of nitrogens with zero attached hydrogens (tertiary/aromatic N) is 1. The number of Topliss-reactive ketones (excluding diaryl/α,β-unsaturated/α-hetero) is 1. The van der Waals surface area contributed by atoms with Crippen LogP contribution in [0.15, 0.2) is 24.3 Å². The highest BCUT2D eigenvalue weighted by molar-refractivity contribution is 7.17. The second kappa shape index (κ2) is 5.70. The number of carboxylic acid groups (broad SMARTS) is 1. The van der Waals surface area contributed by atoms with Gasteiger partial charge in [-0.25, -0.2) is 9.78 Å². The maximum absolute atomic E-state index is 11.4. The van der Waals surface area contributed by atoms with Crippen molar-refractivity contribution in [3.8, 4) is 5.75 Å². The number of methoxy groups -OCH3 is 1. The number of para-hydroxylation sites is 2. The van der Waals surface area contributed by atoms with Crippen LogP contribution < -0.4 is 10.1 Å². The first-order valence-electron chi connectivity index (χ1n) is 5.68. The molecule has 6 nitrogen and oxygen atoms in total. The van der Waals surface area contributed by atoms with Crippen LogP contribution in [0.2, 0.25) is 0 Å². The number of ketones is 1. The standard InChI is InChI=1S/C13H12N2O4S/c1-7(16)11-10(12(17)18)15-13(20-11)14-8-5-3-4-6-9(8)19-2/h3-6H,1-2H3,(H,14,15)(H,17,18). The lowest BCUT2D eigenvalue weighted by Crippen LogP contribution is -2.03. The predicted octanol–water partition coefficient (Wildman–Crippen LogP) is 2.80. The van der Waals surface area contributed by atoms with Crippen LogP contribution in [0.5, 0.6) is 5.75 Å². The molecule has 0 spiro atoms. The Bertz CT molecular complexity index is 635. The van der Waals surface area contributed by atoms with Gasteiger partial charge in [0.1, 0.15) is 10.6 Å². The molecule has 20 heavy (non-hydrogen) atoms. The van der Waals surface area contributed by atoms with Crippen molar-refractivity contribution in [2.24, 2.45) is 0 Å². The average molecular weight is 292 g/mol. The van der Waals surface area contributed by atoms with E-state index in [4.69, 9.17) is 9.84 Å². The van der Waals surface area contributed by atoms with Crippen LogP contribution in [0.3, 0.4) is 0 Å². The summed E-state index contributed by atoms with van der Waals surface area (Å²) in [4.78, 5) is 26.5. The van der Waals surface area contributed by atoms with Gasteiger partial charge in [0, 0.05) is 6.92 Å². The molecule has 0 saturated carbocycles. The Labute approximate surface area is 119 Å². The SMILES string of the molecule is COc1ccccc1Nc1nc(C(=O)O)c(C(C)=O)s1. The van der Waals surface area contributed by atoms with Crippen molar-refractivity contribution in [3.05, 3.63) is 34.8 Å². The van der Waals surface area contributed by atoms with Gasteiger partial charge in [0.05, 0.1) is 12.8 Å². The molecule has 104 valence electrons. The molecule has 0 aliphatic carbocycles. The van der Waals surface area contributed by atoms with Gasteiger partial charge in [-0.1, -0.05) is 23.5 Å². The van der Waals surface area contributed by atoms with E-state index in [1.165, 1.54) is 14.0 Å². The number of rotatable bonds is 5. The van der Waals surface area contributed by atoms with E-state index in [2.05, 4.69) is 10.3 Å². The van der Waals surface area contributed by atoms with E-state index in [-0.39, 0.29) is 16.4 Å². The third kappa shape index (κ3) is 2.77. The highest BCUT2D eigenvalue weighted by atomic mass is 32.1. The molecule has 0 atom stereocenters. The summed E-state index contributed by atoms with van der Waals surface area (Å²) in [6, 6.07) is 7.16. The molecule has 0 aliphatic heterocycles. The number of benzene rings is 1. The minimum Gasteiger partial charge on any atom is -0.495 e. The van der Waals surface area contributed by atoms with Gasteiger partial charge < -0.3 is 15.2 Å². The van der Waals surface area contributed by atoms with Crippen LogP contribution in [-0.4, -0.2) is 29.0 Å². The maximum atomic E-state index is 11.4. The largest absolute Gasteiger partial charge is 0.495 e. The molecule has 0 unspecified atom stereocenters. The van der Waals surface area contributed by atoms with E-state index < -0.39 is 5.97 Å². The molecule has 1 heterocycles. The van der Waals surface area contributed by atoms with Gasteiger partial charge in [-0.05, 0) is 12.1 Å². The zero-order chi connectivity index (χ0) is 14.7. The van der Waals surface area contributed by atoms with E-state index >= 15 is 0 Å². The van der Waals surface area contributed by atoms with Crippen molar-refractivity contribution in [1.29, 1.82) is 0 Å². The van der Waals surface area contributed by atoms with E-state index in [1.807, 2.05) is 12.1 Å². The Morgan fingerprint density at radius 2 is 2.05 bits per heavy atom. The molecule has 0 fully saturated rings.